The third-order valence-corrected chi connectivity index (χ3v) is 5.61. The number of carbonyl (C=O) groups is 2. The van der Waals surface area contributed by atoms with Crippen LogP contribution in [0.2, 0.25) is 5.02 Å². The van der Waals surface area contributed by atoms with Crippen LogP contribution in [0, 0.1) is 6.92 Å². The van der Waals surface area contributed by atoms with Gasteiger partial charge in [-0.2, -0.15) is 0 Å². The number of aryl methyl sites for hydroxylation is 1. The fourth-order valence-corrected chi connectivity index (χ4v) is 3.86. The zero-order chi connectivity index (χ0) is 21.3. The Kier molecular flexibility index (Phi) is 5.48. The van der Waals surface area contributed by atoms with E-state index in [2.05, 4.69) is 10.3 Å². The Balaban J connectivity index is 1.58. The summed E-state index contributed by atoms with van der Waals surface area (Å²) in [7, 11) is 0. The number of nitrogens with one attached hydrogen (secondary N) is 1. The van der Waals surface area contributed by atoms with Crippen LogP contribution in [0.15, 0.2) is 68.9 Å². The molecule has 0 bridgehead atoms. The molecule has 0 aliphatic carbocycles. The predicted octanol–water partition coefficient (Wildman–Crippen LogP) is 5.50. The lowest BCUT2D eigenvalue weighted by Crippen LogP contribution is -2.19. The maximum absolute atomic E-state index is 12.3. The summed E-state index contributed by atoms with van der Waals surface area (Å²) in [5.74, 6) is -0.229. The highest BCUT2D eigenvalue weighted by Gasteiger charge is 2.24. The maximum atomic E-state index is 12.3. The lowest BCUT2D eigenvalue weighted by Gasteiger charge is -2.03. The molecular weight excluding hydrogens is 424 g/mol. The Morgan fingerprint density at radius 3 is 2.77 bits per heavy atom. The zero-order valence-electron chi connectivity index (χ0n) is 15.7. The van der Waals surface area contributed by atoms with Gasteiger partial charge in [0.05, 0.1) is 21.2 Å². The summed E-state index contributed by atoms with van der Waals surface area (Å²) < 4.78 is 5.82. The first-order chi connectivity index (χ1) is 14.4. The number of nitrogens with zero attached hydrogens (tertiary/aromatic N) is 1. The fraction of sp³-hybridized carbons (Fsp3) is 0.0455. The van der Waals surface area contributed by atoms with Crippen molar-refractivity contribution < 1.29 is 19.1 Å². The number of furan rings is 1. The third-order valence-electron chi connectivity index (χ3n) is 4.37. The van der Waals surface area contributed by atoms with E-state index >= 15 is 0 Å². The number of hydrogen-bond acceptors (Lipinski definition) is 5. The van der Waals surface area contributed by atoms with Gasteiger partial charge in [-0.25, -0.2) is 9.79 Å². The highest BCUT2D eigenvalue weighted by atomic mass is 35.5. The quantitative estimate of drug-likeness (QED) is 0.525. The SMILES string of the molecule is Cc1ccc(C(=O)O)cc1N=C1NC(=O)/C(=C\c2ccc(-c3ccccc3Cl)o2)S1. The van der Waals surface area contributed by atoms with Crippen molar-refractivity contribution in [3.8, 4) is 11.3 Å². The van der Waals surface area contributed by atoms with Gasteiger partial charge in [-0.05, 0) is 60.6 Å². The van der Waals surface area contributed by atoms with Crippen molar-refractivity contribution in [2.24, 2.45) is 4.99 Å². The van der Waals surface area contributed by atoms with Gasteiger partial charge in [-0.3, -0.25) is 4.79 Å². The summed E-state index contributed by atoms with van der Waals surface area (Å²) in [6, 6.07) is 15.6. The van der Waals surface area contributed by atoms with Gasteiger partial charge in [0, 0.05) is 11.6 Å². The van der Waals surface area contributed by atoms with Crippen LogP contribution in [-0.2, 0) is 4.79 Å². The second-order valence-electron chi connectivity index (χ2n) is 6.47. The van der Waals surface area contributed by atoms with E-state index < -0.39 is 5.97 Å². The van der Waals surface area contributed by atoms with Crippen LogP contribution in [0.25, 0.3) is 17.4 Å². The number of carbonyl (C=O) groups excluding carboxylic acids is 1. The number of amidine groups is 1. The molecule has 0 atom stereocenters. The molecule has 4 rings (SSSR count). The molecule has 8 heteroatoms. The third kappa shape index (κ3) is 4.17. The second-order valence-corrected chi connectivity index (χ2v) is 7.91. The fourth-order valence-electron chi connectivity index (χ4n) is 2.82. The lowest BCUT2D eigenvalue weighted by molar-refractivity contribution is -0.115. The van der Waals surface area contributed by atoms with Gasteiger partial charge >= 0.3 is 5.97 Å². The second kappa shape index (κ2) is 8.22. The number of aromatic carboxylic acids is 1. The number of amides is 1. The number of rotatable bonds is 4. The van der Waals surface area contributed by atoms with E-state index in [1.807, 2.05) is 25.1 Å². The van der Waals surface area contributed by atoms with Crippen molar-refractivity contribution in [1.29, 1.82) is 0 Å². The van der Waals surface area contributed by atoms with Crippen LogP contribution in [0.1, 0.15) is 21.7 Å². The van der Waals surface area contributed by atoms with Gasteiger partial charge in [0.1, 0.15) is 11.5 Å². The number of benzene rings is 2. The topological polar surface area (TPSA) is 91.9 Å². The van der Waals surface area contributed by atoms with Crippen LogP contribution < -0.4 is 5.32 Å². The van der Waals surface area contributed by atoms with Crippen LogP contribution in [0.5, 0.6) is 0 Å². The molecule has 0 unspecified atom stereocenters. The van der Waals surface area contributed by atoms with Crippen LogP contribution in [0.3, 0.4) is 0 Å². The van der Waals surface area contributed by atoms with E-state index in [-0.39, 0.29) is 11.5 Å². The molecule has 1 aromatic heterocycles. The van der Waals surface area contributed by atoms with Crippen molar-refractivity contribution >= 4 is 52.2 Å². The van der Waals surface area contributed by atoms with Gasteiger partial charge in [-0.1, -0.05) is 29.8 Å². The minimum absolute atomic E-state index is 0.132. The van der Waals surface area contributed by atoms with Crippen molar-refractivity contribution in [3.63, 3.8) is 0 Å². The Morgan fingerprint density at radius 2 is 2.00 bits per heavy atom. The molecular formula is C22H15ClN2O4S. The highest BCUT2D eigenvalue weighted by molar-refractivity contribution is 8.18. The molecule has 2 N–H and O–H groups in total. The molecule has 0 radical (unpaired) electrons. The number of thioether (sulfide) groups is 1. The molecule has 1 amide bonds. The maximum Gasteiger partial charge on any atom is 0.335 e. The molecule has 2 aromatic carbocycles. The minimum Gasteiger partial charge on any atom is -0.478 e. The molecule has 2 heterocycles. The summed E-state index contributed by atoms with van der Waals surface area (Å²) >= 11 is 7.36. The summed E-state index contributed by atoms with van der Waals surface area (Å²) in [4.78, 5) is 28.3. The Bertz CT molecular complexity index is 1230. The molecule has 0 spiro atoms. The van der Waals surface area contributed by atoms with E-state index in [0.29, 0.717) is 32.3 Å². The first kappa shape index (κ1) is 20.0. The van der Waals surface area contributed by atoms with Crippen molar-refractivity contribution in [2.75, 3.05) is 0 Å². The first-order valence-corrected chi connectivity index (χ1v) is 10.1. The molecule has 150 valence electrons. The largest absolute Gasteiger partial charge is 0.478 e. The number of carboxylic acid groups (broad SMARTS) is 1. The molecule has 1 fully saturated rings. The molecule has 3 aromatic rings. The zero-order valence-corrected chi connectivity index (χ0v) is 17.3. The Hall–Kier alpha value is -3.29. The van der Waals surface area contributed by atoms with Crippen molar-refractivity contribution in [1.82, 2.24) is 5.32 Å². The Morgan fingerprint density at radius 1 is 1.20 bits per heavy atom. The average Bonchev–Trinajstić information content (AvgIpc) is 3.30. The van der Waals surface area contributed by atoms with E-state index in [9.17, 15) is 9.59 Å². The summed E-state index contributed by atoms with van der Waals surface area (Å²) in [5, 5.41) is 12.8. The van der Waals surface area contributed by atoms with Crippen LogP contribution in [-0.4, -0.2) is 22.2 Å². The molecule has 1 saturated heterocycles. The lowest BCUT2D eigenvalue weighted by atomic mass is 10.1. The van der Waals surface area contributed by atoms with Gasteiger partial charge in [0.15, 0.2) is 5.17 Å². The molecule has 0 saturated carbocycles. The molecule has 1 aliphatic heterocycles. The first-order valence-electron chi connectivity index (χ1n) is 8.89. The van der Waals surface area contributed by atoms with E-state index in [1.165, 1.54) is 12.1 Å². The van der Waals surface area contributed by atoms with E-state index in [4.69, 9.17) is 21.1 Å². The number of aliphatic imine (C=N–C) groups is 1. The van der Waals surface area contributed by atoms with Crippen LogP contribution in [0.4, 0.5) is 5.69 Å². The number of carboxylic acids is 1. The van der Waals surface area contributed by atoms with E-state index in [1.54, 1.807) is 30.3 Å². The van der Waals surface area contributed by atoms with Crippen LogP contribution >= 0.6 is 23.4 Å². The highest BCUT2D eigenvalue weighted by Crippen LogP contribution is 2.32. The van der Waals surface area contributed by atoms with E-state index in [0.717, 1.165) is 22.9 Å². The normalized spacial score (nSPS) is 16.3. The van der Waals surface area contributed by atoms with Crippen molar-refractivity contribution in [3.05, 3.63) is 81.4 Å². The van der Waals surface area contributed by atoms with Crippen molar-refractivity contribution in [2.45, 2.75) is 6.92 Å². The smallest absolute Gasteiger partial charge is 0.335 e. The number of halogens is 1. The summed E-state index contributed by atoms with van der Waals surface area (Å²) in [5.41, 5.74) is 2.18. The van der Waals surface area contributed by atoms with Gasteiger partial charge in [0.2, 0.25) is 0 Å². The summed E-state index contributed by atoms with van der Waals surface area (Å²) in [6.07, 6.45) is 1.63. The van der Waals surface area contributed by atoms with Gasteiger partial charge in [-0.15, -0.1) is 0 Å². The monoisotopic (exact) mass is 438 g/mol. The summed E-state index contributed by atoms with van der Waals surface area (Å²) in [6.45, 7) is 1.82. The molecule has 6 nitrogen and oxygen atoms in total. The molecule has 1 aliphatic rings. The molecule has 30 heavy (non-hydrogen) atoms. The predicted molar refractivity (Wildman–Crippen MR) is 118 cm³/mol. The Labute approximate surface area is 181 Å². The minimum atomic E-state index is -1.03. The van der Waals surface area contributed by atoms with Gasteiger partial charge < -0.3 is 14.8 Å². The average molecular weight is 439 g/mol. The number of hydrogen-bond donors (Lipinski definition) is 2. The van der Waals surface area contributed by atoms with Gasteiger partial charge in [0.25, 0.3) is 5.91 Å². The standard InChI is InChI=1S/C22H15ClN2O4S/c1-12-6-7-13(21(27)28)10-17(12)24-22-25-20(26)19(30-22)11-14-8-9-18(29-14)15-4-2-3-5-16(15)23/h2-11H,1H3,(H,27,28)(H,24,25,26)/b19-11+.